The van der Waals surface area contributed by atoms with Crippen LogP contribution in [0, 0.1) is 34.5 Å². The van der Waals surface area contributed by atoms with Crippen molar-refractivity contribution in [3.8, 4) is 0 Å². The van der Waals surface area contributed by atoms with Crippen LogP contribution < -0.4 is 0 Å². The Labute approximate surface area is 94.8 Å². The molecule has 0 N–H and O–H groups in total. The van der Waals surface area contributed by atoms with E-state index >= 15 is 0 Å². The largest absolute Gasteiger partial charge is 0.0620 e. The highest BCUT2D eigenvalue weighted by Crippen LogP contribution is 2.72. The maximum absolute atomic E-state index is 2.57. The summed E-state index contributed by atoms with van der Waals surface area (Å²) in [5, 5.41) is 0. The molecule has 0 heterocycles. The third-order valence-electron chi connectivity index (χ3n) is 6.87. The molecule has 3 rings (SSSR count). The van der Waals surface area contributed by atoms with Crippen molar-refractivity contribution in [2.45, 2.75) is 59.8 Å². The van der Waals surface area contributed by atoms with Crippen LogP contribution in [0.25, 0.3) is 0 Å². The van der Waals surface area contributed by atoms with Gasteiger partial charge in [-0.1, -0.05) is 27.7 Å². The first kappa shape index (κ1) is 10.2. The van der Waals surface area contributed by atoms with E-state index in [9.17, 15) is 0 Å². The van der Waals surface area contributed by atoms with Crippen LogP contribution in [0.4, 0.5) is 0 Å². The third-order valence-corrected chi connectivity index (χ3v) is 6.87. The minimum Gasteiger partial charge on any atom is -0.0620 e. The quantitative estimate of drug-likeness (QED) is 0.547. The van der Waals surface area contributed by atoms with Gasteiger partial charge in [-0.05, 0) is 66.6 Å². The molecule has 0 heteroatoms. The summed E-state index contributed by atoms with van der Waals surface area (Å²) in [5.74, 6) is 4.09. The van der Waals surface area contributed by atoms with Crippen molar-refractivity contribution in [2.24, 2.45) is 34.5 Å². The molecule has 3 saturated carbocycles. The van der Waals surface area contributed by atoms with Crippen molar-refractivity contribution < 1.29 is 0 Å². The second kappa shape index (κ2) is 2.81. The highest BCUT2D eigenvalue weighted by molar-refractivity contribution is 5.14. The van der Waals surface area contributed by atoms with Crippen LogP contribution in [0.3, 0.4) is 0 Å². The van der Waals surface area contributed by atoms with Gasteiger partial charge in [-0.25, -0.2) is 0 Å². The van der Waals surface area contributed by atoms with Crippen LogP contribution in [0.1, 0.15) is 59.8 Å². The van der Waals surface area contributed by atoms with Crippen LogP contribution >= 0.6 is 0 Å². The first-order chi connectivity index (χ1) is 6.99. The van der Waals surface area contributed by atoms with Crippen molar-refractivity contribution in [1.82, 2.24) is 0 Å². The van der Waals surface area contributed by atoms with Gasteiger partial charge in [0.1, 0.15) is 0 Å². The van der Waals surface area contributed by atoms with Crippen LogP contribution in [0.2, 0.25) is 0 Å². The van der Waals surface area contributed by atoms with E-state index in [1.807, 2.05) is 0 Å². The maximum Gasteiger partial charge on any atom is -0.0210 e. The highest BCUT2D eigenvalue weighted by atomic mass is 14.7. The number of hydrogen-bond acceptors (Lipinski definition) is 0. The van der Waals surface area contributed by atoms with E-state index < -0.39 is 0 Å². The Kier molecular flexibility index (Phi) is 1.91. The molecule has 0 amide bonds. The molecule has 0 saturated heterocycles. The summed E-state index contributed by atoms with van der Waals surface area (Å²) in [6.07, 6.45) is 7.61. The van der Waals surface area contributed by atoms with Gasteiger partial charge < -0.3 is 0 Å². The average molecular weight is 206 g/mol. The number of rotatable bonds is 0. The van der Waals surface area contributed by atoms with Crippen molar-refractivity contribution in [3.63, 3.8) is 0 Å². The predicted molar refractivity (Wildman–Crippen MR) is 64.6 cm³/mol. The summed E-state index contributed by atoms with van der Waals surface area (Å²) < 4.78 is 0. The van der Waals surface area contributed by atoms with E-state index in [-0.39, 0.29) is 0 Å². The molecule has 0 radical (unpaired) electrons. The van der Waals surface area contributed by atoms with Gasteiger partial charge in [-0.3, -0.25) is 0 Å². The first-order valence-electron chi connectivity index (χ1n) is 6.99. The lowest BCUT2D eigenvalue weighted by Crippen LogP contribution is -2.37. The molecule has 3 fully saturated rings. The standard InChI is InChI=1S/C15H26/c1-10-5-7-12-9-15(10)11(2)6-8-13(15)14(12,3)4/h10-13H,5-9H2,1-4H3. The third kappa shape index (κ3) is 0.996. The van der Waals surface area contributed by atoms with E-state index in [1.165, 1.54) is 25.7 Å². The highest BCUT2D eigenvalue weighted by Gasteiger charge is 2.65. The number of fused-ring (bicyclic) bond motifs is 1. The molecular weight excluding hydrogens is 180 g/mol. The summed E-state index contributed by atoms with van der Waals surface area (Å²) in [6.45, 7) is 10.2. The Hall–Kier alpha value is 0. The van der Waals surface area contributed by atoms with Gasteiger partial charge in [-0.15, -0.1) is 0 Å². The maximum atomic E-state index is 2.57. The lowest BCUT2D eigenvalue weighted by atomic mass is 9.61. The molecule has 3 aliphatic carbocycles. The Morgan fingerprint density at radius 2 is 1.47 bits per heavy atom. The molecule has 15 heavy (non-hydrogen) atoms. The summed E-state index contributed by atoms with van der Waals surface area (Å²) in [4.78, 5) is 0. The predicted octanol–water partition coefficient (Wildman–Crippen LogP) is 4.49. The molecule has 86 valence electrons. The zero-order chi connectivity index (χ0) is 10.8. The summed E-state index contributed by atoms with van der Waals surface area (Å²) in [6, 6.07) is 0. The fourth-order valence-electron chi connectivity index (χ4n) is 5.90. The SMILES string of the molecule is CC1CCC2CC13C(C)CCC3C2(C)C. The molecule has 5 unspecified atom stereocenters. The molecule has 3 aliphatic rings. The lowest BCUT2D eigenvalue weighted by Gasteiger charge is -2.43. The van der Waals surface area contributed by atoms with Crippen LogP contribution in [-0.2, 0) is 0 Å². The minimum atomic E-state index is 0.648. The van der Waals surface area contributed by atoms with Gasteiger partial charge in [0.25, 0.3) is 0 Å². The molecule has 0 aromatic carbocycles. The van der Waals surface area contributed by atoms with Gasteiger partial charge in [-0.2, -0.15) is 0 Å². The molecule has 5 atom stereocenters. The lowest BCUT2D eigenvalue weighted by molar-refractivity contribution is 0.0523. The van der Waals surface area contributed by atoms with Crippen molar-refractivity contribution >= 4 is 0 Å². The van der Waals surface area contributed by atoms with Gasteiger partial charge in [0.15, 0.2) is 0 Å². The van der Waals surface area contributed by atoms with E-state index in [0.29, 0.717) is 5.41 Å². The van der Waals surface area contributed by atoms with E-state index in [4.69, 9.17) is 0 Å². The second-order valence-electron chi connectivity index (χ2n) is 7.34. The van der Waals surface area contributed by atoms with Gasteiger partial charge >= 0.3 is 0 Å². The Balaban J connectivity index is 2.08. The first-order valence-corrected chi connectivity index (χ1v) is 6.99. The fourth-order valence-corrected chi connectivity index (χ4v) is 5.90. The smallest absolute Gasteiger partial charge is 0.0210 e. The average Bonchev–Trinajstić information content (AvgIpc) is 2.58. The Bertz CT molecular complexity index is 278. The zero-order valence-corrected chi connectivity index (χ0v) is 10.8. The number of hydrogen-bond donors (Lipinski definition) is 0. The van der Waals surface area contributed by atoms with Crippen LogP contribution in [0.5, 0.6) is 0 Å². The fraction of sp³-hybridized carbons (Fsp3) is 1.00. The minimum absolute atomic E-state index is 0.648. The van der Waals surface area contributed by atoms with Crippen LogP contribution in [-0.4, -0.2) is 0 Å². The van der Waals surface area contributed by atoms with E-state index in [1.54, 1.807) is 6.42 Å². The monoisotopic (exact) mass is 206 g/mol. The van der Waals surface area contributed by atoms with E-state index in [2.05, 4.69) is 27.7 Å². The van der Waals surface area contributed by atoms with Crippen molar-refractivity contribution in [1.29, 1.82) is 0 Å². The van der Waals surface area contributed by atoms with Gasteiger partial charge in [0, 0.05) is 0 Å². The molecule has 0 aromatic rings. The molecule has 0 nitrogen and oxygen atoms in total. The summed E-state index contributed by atoms with van der Waals surface area (Å²) >= 11 is 0. The van der Waals surface area contributed by atoms with Crippen LogP contribution in [0.15, 0.2) is 0 Å². The van der Waals surface area contributed by atoms with E-state index in [0.717, 1.165) is 29.1 Å². The van der Waals surface area contributed by atoms with Crippen molar-refractivity contribution in [2.75, 3.05) is 0 Å². The van der Waals surface area contributed by atoms with Crippen molar-refractivity contribution in [3.05, 3.63) is 0 Å². The summed E-state index contributed by atoms with van der Waals surface area (Å²) in [5.41, 5.74) is 1.40. The molecular formula is C15H26. The zero-order valence-electron chi connectivity index (χ0n) is 10.8. The second-order valence-corrected chi connectivity index (χ2v) is 7.34. The molecule has 0 aromatic heterocycles. The normalized spacial score (nSPS) is 56.8. The Morgan fingerprint density at radius 1 is 0.867 bits per heavy atom. The molecule has 0 aliphatic heterocycles. The molecule has 2 bridgehead atoms. The summed E-state index contributed by atoms with van der Waals surface area (Å²) in [7, 11) is 0. The Morgan fingerprint density at radius 3 is 2.13 bits per heavy atom. The van der Waals surface area contributed by atoms with Gasteiger partial charge in [0.2, 0.25) is 0 Å². The topological polar surface area (TPSA) is 0 Å². The molecule has 1 spiro atoms. The van der Waals surface area contributed by atoms with Gasteiger partial charge in [0.05, 0.1) is 0 Å².